The number of amides is 2. The Labute approximate surface area is 167 Å². The first-order valence-electron chi connectivity index (χ1n) is 10.5. The number of carbonyl (C=O) groups is 2. The van der Waals surface area contributed by atoms with Gasteiger partial charge in [-0.3, -0.25) is 14.5 Å². The van der Waals surface area contributed by atoms with E-state index in [1.807, 2.05) is 17.0 Å². The van der Waals surface area contributed by atoms with Crippen molar-refractivity contribution in [2.24, 2.45) is 5.92 Å². The van der Waals surface area contributed by atoms with Crippen molar-refractivity contribution < 1.29 is 14.0 Å². The van der Waals surface area contributed by atoms with Gasteiger partial charge in [-0.05, 0) is 42.9 Å². The van der Waals surface area contributed by atoms with E-state index in [1.54, 1.807) is 4.90 Å². The molecular formula is C22H32FN3O2. The molecule has 5 nitrogen and oxygen atoms in total. The molecule has 1 aromatic rings. The predicted molar refractivity (Wildman–Crippen MR) is 107 cm³/mol. The normalized spacial score (nSPS) is 21.9. The molecule has 2 saturated heterocycles. The minimum Gasteiger partial charge on any atom is -0.340 e. The maximum absolute atomic E-state index is 13.2. The Morgan fingerprint density at radius 1 is 1.11 bits per heavy atom. The van der Waals surface area contributed by atoms with Crippen LogP contribution in [0, 0.1) is 11.7 Å². The molecule has 0 N–H and O–H groups in total. The van der Waals surface area contributed by atoms with E-state index in [1.165, 1.54) is 12.1 Å². The zero-order valence-electron chi connectivity index (χ0n) is 17.1. The van der Waals surface area contributed by atoms with E-state index in [2.05, 4.69) is 18.7 Å². The Kier molecular flexibility index (Phi) is 7.05. The molecule has 0 unspecified atom stereocenters. The molecule has 6 heteroatoms. The Morgan fingerprint density at radius 2 is 1.86 bits per heavy atom. The van der Waals surface area contributed by atoms with E-state index in [4.69, 9.17) is 0 Å². The number of rotatable bonds is 5. The quantitative estimate of drug-likeness (QED) is 0.778. The summed E-state index contributed by atoms with van der Waals surface area (Å²) in [5.41, 5.74) is 1.09. The summed E-state index contributed by atoms with van der Waals surface area (Å²) in [7, 11) is 0. The lowest BCUT2D eigenvalue weighted by atomic mass is 10.0. The number of carbonyl (C=O) groups excluding carboxylic acids is 2. The van der Waals surface area contributed by atoms with Crippen LogP contribution in [0.25, 0.3) is 0 Å². The molecule has 2 heterocycles. The molecule has 2 aliphatic heterocycles. The van der Waals surface area contributed by atoms with Crippen molar-refractivity contribution >= 4 is 11.8 Å². The van der Waals surface area contributed by atoms with Crippen molar-refractivity contribution in [2.45, 2.75) is 52.1 Å². The van der Waals surface area contributed by atoms with Crippen molar-refractivity contribution in [1.82, 2.24) is 14.7 Å². The van der Waals surface area contributed by atoms with Gasteiger partial charge in [0.05, 0.1) is 6.54 Å². The van der Waals surface area contributed by atoms with Crippen LogP contribution in [-0.4, -0.2) is 65.3 Å². The van der Waals surface area contributed by atoms with Gasteiger partial charge in [0.1, 0.15) is 5.82 Å². The van der Waals surface area contributed by atoms with Gasteiger partial charge in [-0.25, -0.2) is 4.39 Å². The van der Waals surface area contributed by atoms with Crippen LogP contribution in [0.5, 0.6) is 0 Å². The highest BCUT2D eigenvalue weighted by atomic mass is 19.1. The molecule has 0 radical (unpaired) electrons. The zero-order valence-corrected chi connectivity index (χ0v) is 17.1. The summed E-state index contributed by atoms with van der Waals surface area (Å²) >= 11 is 0. The summed E-state index contributed by atoms with van der Waals surface area (Å²) in [6, 6.07) is 6.92. The van der Waals surface area contributed by atoms with Crippen molar-refractivity contribution in [3.05, 3.63) is 35.6 Å². The van der Waals surface area contributed by atoms with Crippen LogP contribution in [0.15, 0.2) is 24.3 Å². The summed E-state index contributed by atoms with van der Waals surface area (Å²) in [5, 5.41) is 0. The third-order valence-electron chi connectivity index (χ3n) is 5.92. The summed E-state index contributed by atoms with van der Waals surface area (Å²) in [6.45, 7) is 8.35. The molecule has 0 aromatic heterocycles. The largest absolute Gasteiger partial charge is 0.340 e. The summed E-state index contributed by atoms with van der Waals surface area (Å²) in [6.07, 6.45) is 3.39. The fraction of sp³-hybridized carbons (Fsp3) is 0.636. The second kappa shape index (κ2) is 9.50. The van der Waals surface area contributed by atoms with Crippen molar-refractivity contribution in [1.29, 1.82) is 0 Å². The standard InChI is InChI=1S/C22H32FN3O2/c1-17(2)20-15-25(22(28)16-26-11-4-3-6-21(26)27)13-5-12-24(20)14-18-7-9-19(23)10-8-18/h7-10,17,20H,3-6,11-16H2,1-2H3/t20-/m0/s1. The van der Waals surface area contributed by atoms with Gasteiger partial charge in [-0.1, -0.05) is 26.0 Å². The molecule has 1 atom stereocenters. The number of piperidine rings is 1. The molecule has 0 bridgehead atoms. The van der Waals surface area contributed by atoms with Crippen LogP contribution in [0.3, 0.4) is 0 Å². The number of hydrogen-bond donors (Lipinski definition) is 0. The number of halogens is 1. The van der Waals surface area contributed by atoms with Gasteiger partial charge in [-0.2, -0.15) is 0 Å². The highest BCUT2D eigenvalue weighted by Crippen LogP contribution is 2.21. The number of nitrogens with zero attached hydrogens (tertiary/aromatic N) is 3. The zero-order chi connectivity index (χ0) is 20.1. The van der Waals surface area contributed by atoms with E-state index < -0.39 is 0 Å². The molecule has 3 rings (SSSR count). The van der Waals surface area contributed by atoms with Crippen LogP contribution >= 0.6 is 0 Å². The third-order valence-corrected chi connectivity index (χ3v) is 5.92. The molecule has 0 spiro atoms. The first kappa shape index (κ1) is 20.8. The first-order chi connectivity index (χ1) is 13.4. The third kappa shape index (κ3) is 5.31. The lowest BCUT2D eigenvalue weighted by molar-refractivity contribution is -0.142. The summed E-state index contributed by atoms with van der Waals surface area (Å²) < 4.78 is 13.2. The maximum Gasteiger partial charge on any atom is 0.242 e. The van der Waals surface area contributed by atoms with E-state index >= 15 is 0 Å². The fourth-order valence-electron chi connectivity index (χ4n) is 4.23. The number of likely N-dealkylation sites (tertiary alicyclic amines) is 1. The minimum atomic E-state index is -0.218. The molecule has 2 aliphatic rings. The second-order valence-electron chi connectivity index (χ2n) is 8.37. The van der Waals surface area contributed by atoms with Gasteiger partial charge >= 0.3 is 0 Å². The Bertz CT molecular complexity index is 677. The van der Waals surface area contributed by atoms with Crippen LogP contribution < -0.4 is 0 Å². The molecule has 2 fully saturated rings. The van der Waals surface area contributed by atoms with Gasteiger partial charge in [0.15, 0.2) is 0 Å². The second-order valence-corrected chi connectivity index (χ2v) is 8.37. The number of benzene rings is 1. The highest BCUT2D eigenvalue weighted by molar-refractivity contribution is 5.85. The minimum absolute atomic E-state index is 0.0598. The molecule has 28 heavy (non-hydrogen) atoms. The molecule has 0 saturated carbocycles. The average molecular weight is 390 g/mol. The van der Waals surface area contributed by atoms with Crippen LogP contribution in [-0.2, 0) is 16.1 Å². The molecule has 154 valence electrons. The molecule has 2 amide bonds. The Hall–Kier alpha value is -1.95. The van der Waals surface area contributed by atoms with Crippen LogP contribution in [0.2, 0.25) is 0 Å². The van der Waals surface area contributed by atoms with E-state index in [-0.39, 0.29) is 30.2 Å². The van der Waals surface area contributed by atoms with Gasteiger partial charge < -0.3 is 9.80 Å². The average Bonchev–Trinajstić information content (AvgIpc) is 2.88. The lowest BCUT2D eigenvalue weighted by Crippen LogP contribution is -2.49. The lowest BCUT2D eigenvalue weighted by Gasteiger charge is -2.35. The fourth-order valence-corrected chi connectivity index (χ4v) is 4.23. The molecule has 1 aromatic carbocycles. The van der Waals surface area contributed by atoms with Crippen molar-refractivity contribution in [3.63, 3.8) is 0 Å². The predicted octanol–water partition coefficient (Wildman–Crippen LogP) is 2.90. The maximum atomic E-state index is 13.2. The van der Waals surface area contributed by atoms with Gasteiger partial charge in [-0.15, -0.1) is 0 Å². The Morgan fingerprint density at radius 3 is 2.54 bits per heavy atom. The Balaban J connectivity index is 1.65. The highest BCUT2D eigenvalue weighted by Gasteiger charge is 2.31. The van der Waals surface area contributed by atoms with E-state index in [0.717, 1.165) is 44.5 Å². The van der Waals surface area contributed by atoms with Crippen molar-refractivity contribution in [3.8, 4) is 0 Å². The number of hydrogen-bond acceptors (Lipinski definition) is 3. The first-order valence-corrected chi connectivity index (χ1v) is 10.5. The van der Waals surface area contributed by atoms with Crippen LogP contribution in [0.1, 0.15) is 45.1 Å². The summed E-state index contributed by atoms with van der Waals surface area (Å²) in [4.78, 5) is 31.0. The van der Waals surface area contributed by atoms with Gasteiger partial charge in [0.2, 0.25) is 11.8 Å². The van der Waals surface area contributed by atoms with E-state index in [0.29, 0.717) is 25.4 Å². The smallest absolute Gasteiger partial charge is 0.242 e. The van der Waals surface area contributed by atoms with E-state index in [9.17, 15) is 14.0 Å². The topological polar surface area (TPSA) is 43.9 Å². The molecular weight excluding hydrogens is 357 g/mol. The SMILES string of the molecule is CC(C)[C@@H]1CN(C(=O)CN2CCCCC2=O)CCCN1Cc1ccc(F)cc1. The van der Waals surface area contributed by atoms with Gasteiger partial charge in [0, 0.05) is 45.2 Å². The van der Waals surface area contributed by atoms with Gasteiger partial charge in [0.25, 0.3) is 0 Å². The van der Waals surface area contributed by atoms with Crippen LogP contribution in [0.4, 0.5) is 4.39 Å². The van der Waals surface area contributed by atoms with Crippen molar-refractivity contribution in [2.75, 3.05) is 32.7 Å². The monoisotopic (exact) mass is 389 g/mol. The summed E-state index contributed by atoms with van der Waals surface area (Å²) in [5.74, 6) is 0.340. The molecule has 0 aliphatic carbocycles.